The van der Waals surface area contributed by atoms with E-state index in [0.717, 1.165) is 0 Å². The highest BCUT2D eigenvalue weighted by molar-refractivity contribution is 7.90. The number of carbonyl (C=O) groups excluding carboxylic acids is 1. The number of aryl methyl sites for hydroxylation is 1. The molecular formula is C7H10N2O3S. The average Bonchev–Trinajstić information content (AvgIpc) is 2.47. The van der Waals surface area contributed by atoms with E-state index in [1.54, 1.807) is 4.57 Å². The third-order valence-corrected chi connectivity index (χ3v) is 2.42. The molecule has 0 radical (unpaired) electrons. The second kappa shape index (κ2) is 3.69. The van der Waals surface area contributed by atoms with Crippen LogP contribution in [0.2, 0.25) is 0 Å². The van der Waals surface area contributed by atoms with Gasteiger partial charge in [-0.2, -0.15) is 0 Å². The van der Waals surface area contributed by atoms with E-state index >= 15 is 0 Å². The predicted molar refractivity (Wildman–Crippen MR) is 47.3 cm³/mol. The highest BCUT2D eigenvalue weighted by Crippen LogP contribution is 1.94. The summed E-state index contributed by atoms with van der Waals surface area (Å²) in [7, 11) is -2.96. The Bertz CT molecular complexity index is 394. The molecule has 1 aromatic rings. The lowest BCUT2D eigenvalue weighted by Gasteiger charge is -1.98. The molecule has 0 saturated heterocycles. The highest BCUT2D eigenvalue weighted by atomic mass is 32.2. The van der Waals surface area contributed by atoms with Gasteiger partial charge in [-0.1, -0.05) is 0 Å². The standard InChI is InChI=1S/C7H10N2O3S/c1-13(11,12)3-2-9-4-7(5-10)8-6-9/h4-6H,2-3H2,1H3. The van der Waals surface area contributed by atoms with E-state index < -0.39 is 9.84 Å². The molecule has 72 valence electrons. The molecule has 0 N–H and O–H groups in total. The first-order valence-electron chi connectivity index (χ1n) is 3.66. The van der Waals surface area contributed by atoms with Gasteiger partial charge in [-0.25, -0.2) is 13.4 Å². The Kier molecular flexibility index (Phi) is 2.82. The Morgan fingerprint density at radius 3 is 2.77 bits per heavy atom. The van der Waals surface area contributed by atoms with Gasteiger partial charge in [-0.05, 0) is 0 Å². The third-order valence-electron chi connectivity index (χ3n) is 1.49. The SMILES string of the molecule is CS(=O)(=O)CCn1cnc(C=O)c1. The molecule has 0 unspecified atom stereocenters. The summed E-state index contributed by atoms with van der Waals surface area (Å²) in [6.45, 7) is 0.333. The van der Waals surface area contributed by atoms with Gasteiger partial charge in [0, 0.05) is 19.0 Å². The van der Waals surface area contributed by atoms with Crippen molar-refractivity contribution < 1.29 is 13.2 Å². The summed E-state index contributed by atoms with van der Waals surface area (Å²) in [6, 6.07) is 0. The molecule has 0 bridgehead atoms. The van der Waals surface area contributed by atoms with Gasteiger partial charge >= 0.3 is 0 Å². The van der Waals surface area contributed by atoms with Crippen LogP contribution in [0.5, 0.6) is 0 Å². The molecule has 0 aliphatic carbocycles. The lowest BCUT2D eigenvalue weighted by molar-refractivity contribution is 0.111. The van der Waals surface area contributed by atoms with Crippen LogP contribution in [0, 0.1) is 0 Å². The number of aromatic nitrogens is 2. The van der Waals surface area contributed by atoms with E-state index in [1.165, 1.54) is 18.8 Å². The second-order valence-electron chi connectivity index (χ2n) is 2.78. The number of hydrogen-bond donors (Lipinski definition) is 0. The molecule has 5 nitrogen and oxygen atoms in total. The van der Waals surface area contributed by atoms with Crippen LogP contribution in [0.25, 0.3) is 0 Å². The first-order valence-corrected chi connectivity index (χ1v) is 5.72. The van der Waals surface area contributed by atoms with Crippen molar-refractivity contribution in [3.63, 3.8) is 0 Å². The van der Waals surface area contributed by atoms with Crippen molar-refractivity contribution in [2.45, 2.75) is 6.54 Å². The number of nitrogens with zero attached hydrogens (tertiary/aromatic N) is 2. The van der Waals surface area contributed by atoms with E-state index in [0.29, 0.717) is 18.5 Å². The molecule has 1 rings (SSSR count). The van der Waals surface area contributed by atoms with E-state index in [1.807, 2.05) is 0 Å². The third kappa shape index (κ3) is 3.37. The van der Waals surface area contributed by atoms with Crippen molar-refractivity contribution in [2.75, 3.05) is 12.0 Å². The molecule has 0 saturated carbocycles. The summed E-state index contributed by atoms with van der Waals surface area (Å²) < 4.78 is 23.1. The van der Waals surface area contributed by atoms with E-state index in [9.17, 15) is 13.2 Å². The lowest BCUT2D eigenvalue weighted by atomic mass is 10.5. The summed E-state index contributed by atoms with van der Waals surface area (Å²) in [5.74, 6) is 0.0572. The van der Waals surface area contributed by atoms with Crippen molar-refractivity contribution >= 4 is 16.1 Å². The van der Waals surface area contributed by atoms with Gasteiger partial charge in [-0.15, -0.1) is 0 Å². The molecule has 0 aliphatic rings. The fraction of sp³-hybridized carbons (Fsp3) is 0.429. The van der Waals surface area contributed by atoms with E-state index in [2.05, 4.69) is 4.98 Å². The van der Waals surface area contributed by atoms with E-state index in [-0.39, 0.29) is 5.75 Å². The second-order valence-corrected chi connectivity index (χ2v) is 5.04. The van der Waals surface area contributed by atoms with Crippen LogP contribution in [0.15, 0.2) is 12.5 Å². The first-order chi connectivity index (χ1) is 6.01. The van der Waals surface area contributed by atoms with Gasteiger partial charge in [0.05, 0.1) is 12.1 Å². The van der Waals surface area contributed by atoms with Gasteiger partial charge in [-0.3, -0.25) is 4.79 Å². The number of rotatable bonds is 4. The summed E-state index contributed by atoms with van der Waals surface area (Å²) in [6.07, 6.45) is 4.74. The van der Waals surface area contributed by atoms with Crippen molar-refractivity contribution in [1.29, 1.82) is 0 Å². The number of carbonyl (C=O) groups is 1. The van der Waals surface area contributed by atoms with Gasteiger partial charge in [0.25, 0.3) is 0 Å². The quantitative estimate of drug-likeness (QED) is 0.631. The fourth-order valence-corrected chi connectivity index (χ4v) is 1.37. The van der Waals surface area contributed by atoms with Crippen molar-refractivity contribution in [3.05, 3.63) is 18.2 Å². The molecule has 6 heteroatoms. The van der Waals surface area contributed by atoms with Crippen molar-refractivity contribution in [2.24, 2.45) is 0 Å². The van der Waals surface area contributed by atoms with Crippen LogP contribution < -0.4 is 0 Å². The molecule has 0 atom stereocenters. The molecule has 0 aromatic carbocycles. The Labute approximate surface area is 76.3 Å². The summed E-state index contributed by atoms with van der Waals surface area (Å²) >= 11 is 0. The van der Waals surface area contributed by atoms with Gasteiger partial charge < -0.3 is 4.57 Å². The monoisotopic (exact) mass is 202 g/mol. The number of hydrogen-bond acceptors (Lipinski definition) is 4. The van der Waals surface area contributed by atoms with Crippen LogP contribution in [0.3, 0.4) is 0 Å². The molecule has 0 amide bonds. The summed E-state index contributed by atoms with van der Waals surface area (Å²) in [5, 5.41) is 0. The Balaban J connectivity index is 2.60. The first kappa shape index (κ1) is 9.91. The van der Waals surface area contributed by atoms with Gasteiger partial charge in [0.1, 0.15) is 15.5 Å². The van der Waals surface area contributed by atoms with Crippen LogP contribution in [0.1, 0.15) is 10.5 Å². The van der Waals surface area contributed by atoms with Crippen LogP contribution in [-0.2, 0) is 16.4 Å². The zero-order valence-electron chi connectivity index (χ0n) is 7.17. The van der Waals surface area contributed by atoms with Crippen LogP contribution >= 0.6 is 0 Å². The summed E-state index contributed by atoms with van der Waals surface area (Å²) in [5.41, 5.74) is 0.313. The normalized spacial score (nSPS) is 11.5. The summed E-state index contributed by atoms with van der Waals surface area (Å²) in [4.78, 5) is 14.0. The predicted octanol–water partition coefficient (Wildman–Crippen LogP) is -0.260. The van der Waals surface area contributed by atoms with E-state index in [4.69, 9.17) is 0 Å². The smallest absolute Gasteiger partial charge is 0.169 e. The number of aldehydes is 1. The van der Waals surface area contributed by atoms with Gasteiger partial charge in [0.2, 0.25) is 0 Å². The minimum atomic E-state index is -2.96. The Morgan fingerprint density at radius 2 is 2.31 bits per heavy atom. The maximum absolute atomic E-state index is 10.8. The fourth-order valence-electron chi connectivity index (χ4n) is 0.832. The molecule has 0 fully saturated rings. The van der Waals surface area contributed by atoms with Gasteiger partial charge in [0.15, 0.2) is 6.29 Å². The van der Waals surface area contributed by atoms with Crippen LogP contribution in [0.4, 0.5) is 0 Å². The highest BCUT2D eigenvalue weighted by Gasteiger charge is 2.03. The minimum Gasteiger partial charge on any atom is -0.336 e. The molecular weight excluding hydrogens is 192 g/mol. The molecule has 1 heterocycles. The molecule has 1 aromatic heterocycles. The number of sulfone groups is 1. The van der Waals surface area contributed by atoms with Crippen molar-refractivity contribution in [1.82, 2.24) is 9.55 Å². The molecule has 13 heavy (non-hydrogen) atoms. The maximum atomic E-state index is 10.8. The Hall–Kier alpha value is -1.17. The van der Waals surface area contributed by atoms with Crippen LogP contribution in [-0.4, -0.2) is 36.3 Å². The Morgan fingerprint density at radius 1 is 1.62 bits per heavy atom. The zero-order valence-corrected chi connectivity index (χ0v) is 7.99. The zero-order chi connectivity index (χ0) is 9.90. The average molecular weight is 202 g/mol. The molecule has 0 spiro atoms. The topological polar surface area (TPSA) is 69.0 Å². The maximum Gasteiger partial charge on any atom is 0.169 e. The lowest BCUT2D eigenvalue weighted by Crippen LogP contribution is -2.09. The number of imidazole rings is 1. The minimum absolute atomic E-state index is 0.0572. The largest absolute Gasteiger partial charge is 0.336 e. The van der Waals surface area contributed by atoms with Crippen molar-refractivity contribution in [3.8, 4) is 0 Å². The molecule has 0 aliphatic heterocycles.